The van der Waals surface area contributed by atoms with Gasteiger partial charge in [0.2, 0.25) is 0 Å². The van der Waals surface area contributed by atoms with E-state index in [4.69, 9.17) is 4.74 Å². The summed E-state index contributed by atoms with van der Waals surface area (Å²) in [6.07, 6.45) is 2.52. The minimum absolute atomic E-state index is 0.190. The predicted octanol–water partition coefficient (Wildman–Crippen LogP) is 2.35. The molecular weight excluding hydrogens is 345 g/mol. The van der Waals surface area contributed by atoms with Crippen LogP contribution in [0, 0.1) is 12.7 Å². The molecule has 27 heavy (non-hydrogen) atoms. The number of para-hydroxylation sites is 1. The fourth-order valence-corrected chi connectivity index (χ4v) is 3.12. The summed E-state index contributed by atoms with van der Waals surface area (Å²) in [5.41, 5.74) is 1.12. The molecule has 0 spiro atoms. The van der Waals surface area contributed by atoms with E-state index in [0.717, 1.165) is 30.2 Å². The van der Waals surface area contributed by atoms with Crippen LogP contribution in [0.25, 0.3) is 0 Å². The first-order valence-electron chi connectivity index (χ1n) is 9.18. The highest BCUT2D eigenvalue weighted by molar-refractivity contribution is 5.80. The summed E-state index contributed by atoms with van der Waals surface area (Å²) >= 11 is 0. The lowest BCUT2D eigenvalue weighted by atomic mass is 10.2. The van der Waals surface area contributed by atoms with Crippen LogP contribution in [-0.2, 0) is 0 Å². The van der Waals surface area contributed by atoms with Gasteiger partial charge < -0.3 is 20.3 Å². The van der Waals surface area contributed by atoms with Gasteiger partial charge in [-0.15, -0.1) is 0 Å². The molecule has 1 aliphatic rings. The lowest BCUT2D eigenvalue weighted by molar-refractivity contribution is 0.319. The zero-order chi connectivity index (χ0) is 19.1. The molecule has 3 rings (SSSR count). The highest BCUT2D eigenvalue weighted by Crippen LogP contribution is 2.20. The maximum absolute atomic E-state index is 13.9. The lowest BCUT2D eigenvalue weighted by Gasteiger charge is -2.20. The summed E-state index contributed by atoms with van der Waals surface area (Å²) in [5.74, 6) is 1.74. The minimum Gasteiger partial charge on any atom is -0.491 e. The van der Waals surface area contributed by atoms with Crippen molar-refractivity contribution in [3.63, 3.8) is 0 Å². The molecule has 0 bridgehead atoms. The van der Waals surface area contributed by atoms with E-state index in [1.807, 2.05) is 36.1 Å². The molecule has 1 aromatic heterocycles. The van der Waals surface area contributed by atoms with Gasteiger partial charge in [0, 0.05) is 32.4 Å². The van der Waals surface area contributed by atoms with Gasteiger partial charge in [-0.2, -0.15) is 0 Å². The number of benzene rings is 1. The van der Waals surface area contributed by atoms with Gasteiger partial charge in [-0.1, -0.05) is 18.2 Å². The van der Waals surface area contributed by atoms with Crippen molar-refractivity contribution in [2.75, 3.05) is 38.2 Å². The zero-order valence-electron chi connectivity index (χ0n) is 15.8. The summed E-state index contributed by atoms with van der Waals surface area (Å²) in [5, 5.41) is 6.64. The Labute approximate surface area is 159 Å². The molecule has 2 N–H and O–H groups in total. The van der Waals surface area contributed by atoms with E-state index in [1.54, 1.807) is 19.3 Å². The van der Waals surface area contributed by atoms with Crippen molar-refractivity contribution >= 4 is 11.8 Å². The number of halogens is 1. The van der Waals surface area contributed by atoms with Gasteiger partial charge in [-0.05, 0) is 37.1 Å². The van der Waals surface area contributed by atoms with Crippen molar-refractivity contribution < 1.29 is 9.13 Å². The smallest absolute Gasteiger partial charge is 0.191 e. The van der Waals surface area contributed by atoms with Crippen LogP contribution in [0.5, 0.6) is 5.75 Å². The number of pyridine rings is 1. The fraction of sp³-hybridized carbons (Fsp3) is 0.400. The largest absolute Gasteiger partial charge is 0.491 e. The second kappa shape index (κ2) is 9.21. The van der Waals surface area contributed by atoms with Crippen molar-refractivity contribution in [1.82, 2.24) is 15.6 Å². The van der Waals surface area contributed by atoms with Crippen LogP contribution in [0.2, 0.25) is 0 Å². The van der Waals surface area contributed by atoms with Gasteiger partial charge in [0.25, 0.3) is 0 Å². The molecule has 1 aliphatic heterocycles. The molecule has 0 saturated carbocycles. The summed E-state index contributed by atoms with van der Waals surface area (Å²) in [7, 11) is 1.74. The maximum Gasteiger partial charge on any atom is 0.191 e. The van der Waals surface area contributed by atoms with Gasteiger partial charge in [-0.3, -0.25) is 4.99 Å². The SMILES string of the molecule is CN=C(NCCOc1ccccc1C)NC1CCN(c2ncccc2F)C1. The van der Waals surface area contributed by atoms with Crippen LogP contribution < -0.4 is 20.3 Å². The van der Waals surface area contributed by atoms with Crippen LogP contribution in [0.4, 0.5) is 10.2 Å². The maximum atomic E-state index is 13.9. The number of guanidine groups is 1. The Morgan fingerprint density at radius 1 is 1.33 bits per heavy atom. The molecule has 2 heterocycles. The predicted molar refractivity (Wildman–Crippen MR) is 106 cm³/mol. The molecular formula is C20H26FN5O. The number of aliphatic imine (C=N–C) groups is 1. The third-order valence-corrected chi connectivity index (χ3v) is 4.54. The number of aromatic nitrogens is 1. The van der Waals surface area contributed by atoms with Crippen LogP contribution in [0.3, 0.4) is 0 Å². The fourth-order valence-electron chi connectivity index (χ4n) is 3.12. The van der Waals surface area contributed by atoms with E-state index in [0.29, 0.717) is 25.5 Å². The molecule has 1 unspecified atom stereocenters. The molecule has 2 aromatic rings. The third kappa shape index (κ3) is 5.09. The highest BCUT2D eigenvalue weighted by Gasteiger charge is 2.25. The summed E-state index contributed by atoms with van der Waals surface area (Å²) in [6, 6.07) is 11.2. The van der Waals surface area contributed by atoms with Crippen LogP contribution in [0.15, 0.2) is 47.6 Å². The molecule has 0 aliphatic carbocycles. The number of nitrogens with zero attached hydrogens (tertiary/aromatic N) is 3. The molecule has 1 atom stereocenters. The average molecular weight is 371 g/mol. The van der Waals surface area contributed by atoms with E-state index < -0.39 is 0 Å². The lowest BCUT2D eigenvalue weighted by Crippen LogP contribution is -2.45. The van der Waals surface area contributed by atoms with E-state index in [2.05, 4.69) is 20.6 Å². The monoisotopic (exact) mass is 371 g/mol. The van der Waals surface area contributed by atoms with Gasteiger partial charge in [0.15, 0.2) is 17.6 Å². The Morgan fingerprint density at radius 2 is 2.19 bits per heavy atom. The van der Waals surface area contributed by atoms with E-state index in [-0.39, 0.29) is 11.9 Å². The van der Waals surface area contributed by atoms with Crippen molar-refractivity contribution in [3.8, 4) is 5.75 Å². The van der Waals surface area contributed by atoms with Crippen LogP contribution >= 0.6 is 0 Å². The van der Waals surface area contributed by atoms with Crippen molar-refractivity contribution in [2.24, 2.45) is 4.99 Å². The van der Waals surface area contributed by atoms with E-state index >= 15 is 0 Å². The number of ether oxygens (including phenoxy) is 1. The summed E-state index contributed by atoms with van der Waals surface area (Å²) in [4.78, 5) is 10.4. The first-order valence-corrected chi connectivity index (χ1v) is 9.18. The normalized spacial score (nSPS) is 17.1. The first kappa shape index (κ1) is 18.9. The van der Waals surface area contributed by atoms with E-state index in [9.17, 15) is 4.39 Å². The number of hydrogen-bond donors (Lipinski definition) is 2. The Bertz CT molecular complexity index is 782. The summed E-state index contributed by atoms with van der Waals surface area (Å²) < 4.78 is 19.7. The van der Waals surface area contributed by atoms with Gasteiger partial charge in [-0.25, -0.2) is 9.37 Å². The Kier molecular flexibility index (Phi) is 6.46. The number of hydrogen-bond acceptors (Lipinski definition) is 4. The van der Waals surface area contributed by atoms with Gasteiger partial charge in [0.1, 0.15) is 12.4 Å². The molecule has 1 fully saturated rings. The standard InChI is InChI=1S/C20H26FN5O/c1-15-6-3-4-8-18(15)27-13-11-24-20(22-2)25-16-9-12-26(14-16)19-17(21)7-5-10-23-19/h3-8,10,16H,9,11-14H2,1-2H3,(H2,22,24,25). The second-order valence-corrected chi connectivity index (χ2v) is 6.50. The van der Waals surface area contributed by atoms with Crippen LogP contribution in [-0.4, -0.2) is 50.3 Å². The molecule has 0 radical (unpaired) electrons. The Morgan fingerprint density at radius 3 is 2.96 bits per heavy atom. The molecule has 7 heteroatoms. The minimum atomic E-state index is -0.283. The number of rotatable bonds is 6. The number of nitrogens with one attached hydrogen (secondary N) is 2. The molecule has 144 valence electrons. The van der Waals surface area contributed by atoms with Crippen molar-refractivity contribution in [3.05, 3.63) is 54.0 Å². The number of anilines is 1. The average Bonchev–Trinajstić information content (AvgIpc) is 3.14. The molecule has 0 amide bonds. The molecule has 1 saturated heterocycles. The first-order chi connectivity index (χ1) is 13.2. The second-order valence-electron chi connectivity index (χ2n) is 6.50. The number of aryl methyl sites for hydroxylation is 1. The van der Waals surface area contributed by atoms with Crippen LogP contribution in [0.1, 0.15) is 12.0 Å². The summed E-state index contributed by atoms with van der Waals surface area (Å²) in [6.45, 7) is 4.66. The molecule has 1 aromatic carbocycles. The highest BCUT2D eigenvalue weighted by atomic mass is 19.1. The molecule has 6 nitrogen and oxygen atoms in total. The van der Waals surface area contributed by atoms with Gasteiger partial charge in [0.05, 0.1) is 6.54 Å². The third-order valence-electron chi connectivity index (χ3n) is 4.54. The zero-order valence-corrected chi connectivity index (χ0v) is 15.8. The Balaban J connectivity index is 1.43. The van der Waals surface area contributed by atoms with E-state index in [1.165, 1.54) is 6.07 Å². The van der Waals surface area contributed by atoms with Crippen molar-refractivity contribution in [1.29, 1.82) is 0 Å². The quantitative estimate of drug-likeness (QED) is 0.464. The topological polar surface area (TPSA) is 61.8 Å². The van der Waals surface area contributed by atoms with Gasteiger partial charge >= 0.3 is 0 Å². The Hall–Kier alpha value is -2.83. The van der Waals surface area contributed by atoms with Crippen molar-refractivity contribution in [2.45, 2.75) is 19.4 Å².